The predicted molar refractivity (Wildman–Crippen MR) is 99.2 cm³/mol. The molecule has 5 heteroatoms. The second-order valence-electron chi connectivity index (χ2n) is 7.76. The average molecular weight is 332 g/mol. The first-order valence-electron chi connectivity index (χ1n) is 9.58. The van der Waals surface area contributed by atoms with Crippen molar-refractivity contribution in [2.24, 2.45) is 5.92 Å². The minimum absolute atomic E-state index is 0.680. The third-order valence-electron chi connectivity index (χ3n) is 5.87. The van der Waals surface area contributed by atoms with Gasteiger partial charge in [-0.25, -0.2) is 9.97 Å². The summed E-state index contributed by atoms with van der Waals surface area (Å²) in [6.45, 7) is 7.94. The summed E-state index contributed by atoms with van der Waals surface area (Å²) >= 11 is 0. The Hall–Kier alpha value is -1.20. The van der Waals surface area contributed by atoms with E-state index in [1.807, 2.05) is 12.4 Å². The minimum atomic E-state index is 0.680. The Bertz CT molecular complexity index is 487. The molecule has 0 N–H and O–H groups in total. The standard InChI is InChI=1S/C19H33N5/c1-16(22(2)3)18-7-11-23(12-8-18)15-17-13-20-19(21-14-17)24-9-5-4-6-10-24/h13-14,16,18H,4-12,15H2,1-3H3. The first kappa shape index (κ1) is 17.6. The highest BCUT2D eigenvalue weighted by Crippen LogP contribution is 2.24. The van der Waals surface area contributed by atoms with Gasteiger partial charge in [-0.2, -0.15) is 0 Å². The molecule has 3 rings (SSSR count). The van der Waals surface area contributed by atoms with Gasteiger partial charge in [0.2, 0.25) is 5.95 Å². The number of anilines is 1. The van der Waals surface area contributed by atoms with Crippen LogP contribution in [-0.4, -0.2) is 66.1 Å². The van der Waals surface area contributed by atoms with Gasteiger partial charge in [0.25, 0.3) is 0 Å². The molecule has 2 aliphatic heterocycles. The molecule has 0 bridgehead atoms. The van der Waals surface area contributed by atoms with E-state index in [9.17, 15) is 0 Å². The smallest absolute Gasteiger partial charge is 0.225 e. The van der Waals surface area contributed by atoms with Gasteiger partial charge in [-0.05, 0) is 72.1 Å². The molecule has 1 unspecified atom stereocenters. The van der Waals surface area contributed by atoms with Crippen LogP contribution >= 0.6 is 0 Å². The summed E-state index contributed by atoms with van der Waals surface area (Å²) in [5.74, 6) is 1.74. The quantitative estimate of drug-likeness (QED) is 0.829. The van der Waals surface area contributed by atoms with E-state index in [2.05, 4.69) is 45.7 Å². The van der Waals surface area contributed by atoms with Crippen LogP contribution in [0.1, 0.15) is 44.6 Å². The Labute approximate surface area is 147 Å². The summed E-state index contributed by atoms with van der Waals surface area (Å²) in [6.07, 6.45) is 10.5. The highest BCUT2D eigenvalue weighted by Gasteiger charge is 2.25. The Kier molecular flexibility index (Phi) is 6.06. The number of nitrogens with zero attached hydrogens (tertiary/aromatic N) is 5. The van der Waals surface area contributed by atoms with Crippen molar-refractivity contribution >= 4 is 5.95 Å². The van der Waals surface area contributed by atoms with Crippen LogP contribution in [0.5, 0.6) is 0 Å². The molecular weight excluding hydrogens is 298 g/mol. The van der Waals surface area contributed by atoms with Crippen molar-refractivity contribution in [3.05, 3.63) is 18.0 Å². The van der Waals surface area contributed by atoms with Crippen molar-refractivity contribution in [3.8, 4) is 0 Å². The molecule has 2 fully saturated rings. The summed E-state index contributed by atoms with van der Waals surface area (Å²) in [6, 6.07) is 0.680. The summed E-state index contributed by atoms with van der Waals surface area (Å²) in [7, 11) is 4.39. The van der Waals surface area contributed by atoms with Crippen molar-refractivity contribution in [1.29, 1.82) is 0 Å². The first-order valence-corrected chi connectivity index (χ1v) is 9.58. The number of rotatable bonds is 5. The van der Waals surface area contributed by atoms with Gasteiger partial charge < -0.3 is 9.80 Å². The molecule has 0 saturated carbocycles. The van der Waals surface area contributed by atoms with Gasteiger partial charge >= 0.3 is 0 Å². The molecule has 0 aromatic carbocycles. The Balaban J connectivity index is 1.48. The van der Waals surface area contributed by atoms with Crippen LogP contribution in [0.25, 0.3) is 0 Å². The van der Waals surface area contributed by atoms with Gasteiger partial charge in [-0.1, -0.05) is 0 Å². The van der Waals surface area contributed by atoms with Crippen molar-refractivity contribution in [2.75, 3.05) is 45.2 Å². The highest BCUT2D eigenvalue weighted by molar-refractivity contribution is 5.30. The first-order chi connectivity index (χ1) is 11.6. The van der Waals surface area contributed by atoms with Crippen molar-refractivity contribution in [2.45, 2.75) is 51.6 Å². The topological polar surface area (TPSA) is 35.5 Å². The van der Waals surface area contributed by atoms with Crippen LogP contribution in [0.4, 0.5) is 5.95 Å². The molecule has 0 aliphatic carbocycles. The molecule has 0 amide bonds. The molecule has 1 atom stereocenters. The van der Waals surface area contributed by atoms with Crippen molar-refractivity contribution in [1.82, 2.24) is 19.8 Å². The molecule has 1 aromatic rings. The van der Waals surface area contributed by atoms with E-state index in [1.165, 1.54) is 50.8 Å². The maximum atomic E-state index is 4.62. The molecule has 1 aromatic heterocycles. The van der Waals surface area contributed by atoms with Gasteiger partial charge in [0.05, 0.1) is 0 Å². The molecule has 0 radical (unpaired) electrons. The molecule has 2 aliphatic rings. The molecule has 3 heterocycles. The van der Waals surface area contributed by atoms with Gasteiger partial charge in [-0.15, -0.1) is 0 Å². The second kappa shape index (κ2) is 8.26. The number of hydrogen-bond acceptors (Lipinski definition) is 5. The normalized spacial score (nSPS) is 22.1. The number of aromatic nitrogens is 2. The lowest BCUT2D eigenvalue weighted by atomic mass is 9.89. The molecule has 0 spiro atoms. The molecule has 24 heavy (non-hydrogen) atoms. The van der Waals surface area contributed by atoms with Crippen LogP contribution in [0.2, 0.25) is 0 Å². The number of piperidine rings is 2. The molecule has 5 nitrogen and oxygen atoms in total. The minimum Gasteiger partial charge on any atom is -0.341 e. The monoisotopic (exact) mass is 331 g/mol. The maximum Gasteiger partial charge on any atom is 0.225 e. The fourth-order valence-electron chi connectivity index (χ4n) is 3.96. The van der Waals surface area contributed by atoms with Crippen LogP contribution < -0.4 is 4.90 Å². The third kappa shape index (κ3) is 4.45. The SMILES string of the molecule is CC(C1CCN(Cc2cnc(N3CCCCC3)nc2)CC1)N(C)C. The largest absolute Gasteiger partial charge is 0.341 e. The van der Waals surface area contributed by atoms with Crippen LogP contribution in [0, 0.1) is 5.92 Å². The van der Waals surface area contributed by atoms with E-state index < -0.39 is 0 Å². The van der Waals surface area contributed by atoms with E-state index >= 15 is 0 Å². The van der Waals surface area contributed by atoms with Gasteiger partial charge in [0, 0.05) is 43.6 Å². The zero-order valence-electron chi connectivity index (χ0n) is 15.6. The number of likely N-dealkylation sites (tertiary alicyclic amines) is 1. The Morgan fingerprint density at radius 3 is 2.25 bits per heavy atom. The van der Waals surface area contributed by atoms with Crippen molar-refractivity contribution in [3.63, 3.8) is 0 Å². The molecule has 134 valence electrons. The predicted octanol–water partition coefficient (Wildman–Crippen LogP) is 2.63. The van der Waals surface area contributed by atoms with Gasteiger partial charge in [0.1, 0.15) is 0 Å². The zero-order chi connectivity index (χ0) is 16.9. The lowest BCUT2D eigenvalue weighted by Gasteiger charge is -2.37. The van der Waals surface area contributed by atoms with Crippen molar-refractivity contribution < 1.29 is 0 Å². The summed E-state index contributed by atoms with van der Waals surface area (Å²) in [4.78, 5) is 16.5. The van der Waals surface area contributed by atoms with Crippen LogP contribution in [0.3, 0.4) is 0 Å². The Morgan fingerprint density at radius 1 is 1.04 bits per heavy atom. The second-order valence-corrected chi connectivity index (χ2v) is 7.76. The molecule has 2 saturated heterocycles. The van der Waals surface area contributed by atoms with E-state index in [0.717, 1.165) is 31.5 Å². The fraction of sp³-hybridized carbons (Fsp3) is 0.789. The van der Waals surface area contributed by atoms with E-state index in [0.29, 0.717) is 6.04 Å². The summed E-state index contributed by atoms with van der Waals surface area (Å²) in [5, 5.41) is 0. The molecular formula is C19H33N5. The lowest BCUT2D eigenvalue weighted by Crippen LogP contribution is -2.41. The summed E-state index contributed by atoms with van der Waals surface area (Å²) < 4.78 is 0. The van der Waals surface area contributed by atoms with Gasteiger partial charge in [-0.3, -0.25) is 4.90 Å². The highest BCUT2D eigenvalue weighted by atomic mass is 15.2. The number of hydrogen-bond donors (Lipinski definition) is 0. The van der Waals surface area contributed by atoms with Crippen LogP contribution in [0.15, 0.2) is 12.4 Å². The van der Waals surface area contributed by atoms with Crippen LogP contribution in [-0.2, 0) is 6.54 Å². The maximum absolute atomic E-state index is 4.62. The van der Waals surface area contributed by atoms with E-state index in [1.54, 1.807) is 0 Å². The Morgan fingerprint density at radius 2 is 1.67 bits per heavy atom. The average Bonchev–Trinajstić information content (AvgIpc) is 2.63. The third-order valence-corrected chi connectivity index (χ3v) is 5.87. The van der Waals surface area contributed by atoms with E-state index in [4.69, 9.17) is 0 Å². The lowest BCUT2D eigenvalue weighted by molar-refractivity contribution is 0.121. The fourth-order valence-corrected chi connectivity index (χ4v) is 3.96. The zero-order valence-corrected chi connectivity index (χ0v) is 15.6. The summed E-state index contributed by atoms with van der Waals surface area (Å²) in [5.41, 5.74) is 1.25. The van der Waals surface area contributed by atoms with Gasteiger partial charge in [0.15, 0.2) is 0 Å². The van der Waals surface area contributed by atoms with E-state index in [-0.39, 0.29) is 0 Å².